The molecule has 0 saturated heterocycles. The zero-order chi connectivity index (χ0) is 14.3. The molecule has 1 aromatic rings. The van der Waals surface area contributed by atoms with Crippen molar-refractivity contribution in [2.24, 2.45) is 0 Å². The summed E-state index contributed by atoms with van der Waals surface area (Å²) in [7, 11) is 0. The molecule has 1 rings (SSSR count). The molecule has 0 radical (unpaired) electrons. The molecule has 0 bridgehead atoms. The highest BCUT2D eigenvalue weighted by molar-refractivity contribution is 8.00. The molecule has 0 fully saturated rings. The quantitative estimate of drug-likeness (QED) is 0.812. The molecule has 5 heteroatoms. The Morgan fingerprint density at radius 2 is 2.32 bits per heavy atom. The van der Waals surface area contributed by atoms with Crippen LogP contribution in [0.1, 0.15) is 39.2 Å². The molecule has 1 N–H and O–H groups in total. The fourth-order valence-corrected chi connectivity index (χ4v) is 2.50. The highest BCUT2D eigenvalue weighted by Crippen LogP contribution is 2.21. The largest absolute Gasteiger partial charge is 0.353 e. The van der Waals surface area contributed by atoms with Crippen LogP contribution in [0.5, 0.6) is 0 Å². The van der Waals surface area contributed by atoms with E-state index in [9.17, 15) is 4.79 Å². The number of hydrogen-bond acceptors (Lipinski definition) is 4. The van der Waals surface area contributed by atoms with Crippen LogP contribution < -0.4 is 5.32 Å². The molecule has 0 aliphatic rings. The number of nitrogens with one attached hydrogen (secondary N) is 1. The van der Waals surface area contributed by atoms with Gasteiger partial charge in [0.2, 0.25) is 5.91 Å². The average Bonchev–Trinajstić information content (AvgIpc) is 2.39. The van der Waals surface area contributed by atoms with Gasteiger partial charge in [0.15, 0.2) is 0 Å². The summed E-state index contributed by atoms with van der Waals surface area (Å²) in [5.41, 5.74) is 0.560. The summed E-state index contributed by atoms with van der Waals surface area (Å²) >= 11 is 1.37. The lowest BCUT2D eigenvalue weighted by atomic mass is 10.2. The lowest BCUT2D eigenvalue weighted by Crippen LogP contribution is -2.37. The molecule has 0 aliphatic heterocycles. The highest BCUT2D eigenvalue weighted by Gasteiger charge is 2.16. The van der Waals surface area contributed by atoms with E-state index in [0.29, 0.717) is 10.6 Å². The third kappa shape index (κ3) is 5.31. The predicted octanol–water partition coefficient (Wildman–Crippen LogP) is 2.74. The topological polar surface area (TPSA) is 65.8 Å². The summed E-state index contributed by atoms with van der Waals surface area (Å²) in [5.74, 6) is 0.00936. The number of rotatable bonds is 6. The number of pyridine rings is 1. The van der Waals surface area contributed by atoms with E-state index in [4.69, 9.17) is 5.26 Å². The van der Waals surface area contributed by atoms with Crippen LogP contribution in [0.2, 0.25) is 0 Å². The van der Waals surface area contributed by atoms with Gasteiger partial charge in [-0.25, -0.2) is 4.98 Å². The SMILES string of the molecule is CCCC(C)NC(=O)C(C)Sc1cc(C#N)ccn1. The van der Waals surface area contributed by atoms with Crippen molar-refractivity contribution in [1.29, 1.82) is 5.26 Å². The number of carbonyl (C=O) groups excluding carboxylic acids is 1. The van der Waals surface area contributed by atoms with E-state index in [0.717, 1.165) is 12.8 Å². The van der Waals surface area contributed by atoms with Crippen molar-refractivity contribution < 1.29 is 4.79 Å². The molecule has 102 valence electrons. The normalized spacial score (nSPS) is 13.4. The maximum absolute atomic E-state index is 12.0. The molecule has 2 atom stereocenters. The maximum Gasteiger partial charge on any atom is 0.233 e. The Morgan fingerprint density at radius 1 is 1.58 bits per heavy atom. The van der Waals surface area contributed by atoms with Crippen LogP contribution in [0.3, 0.4) is 0 Å². The summed E-state index contributed by atoms with van der Waals surface area (Å²) in [6.45, 7) is 5.95. The van der Waals surface area contributed by atoms with Gasteiger partial charge in [-0.2, -0.15) is 5.26 Å². The second-order valence-corrected chi connectivity index (χ2v) is 5.81. The summed E-state index contributed by atoms with van der Waals surface area (Å²) in [6.07, 6.45) is 3.62. The van der Waals surface area contributed by atoms with Crippen LogP contribution in [-0.2, 0) is 4.79 Å². The van der Waals surface area contributed by atoms with Gasteiger partial charge in [0, 0.05) is 12.2 Å². The molecule has 19 heavy (non-hydrogen) atoms. The number of nitrogens with zero attached hydrogens (tertiary/aromatic N) is 2. The zero-order valence-corrected chi connectivity index (χ0v) is 12.3. The molecule has 0 aliphatic carbocycles. The van der Waals surface area contributed by atoms with Crippen LogP contribution in [0.15, 0.2) is 23.4 Å². The van der Waals surface area contributed by atoms with Crippen LogP contribution >= 0.6 is 11.8 Å². The van der Waals surface area contributed by atoms with Crippen molar-refractivity contribution in [3.8, 4) is 6.07 Å². The van der Waals surface area contributed by atoms with Gasteiger partial charge in [0.1, 0.15) is 0 Å². The minimum absolute atomic E-state index is 0.00936. The molecule has 1 heterocycles. The van der Waals surface area contributed by atoms with Crippen molar-refractivity contribution >= 4 is 17.7 Å². The Balaban J connectivity index is 2.56. The minimum atomic E-state index is -0.222. The number of aromatic nitrogens is 1. The minimum Gasteiger partial charge on any atom is -0.353 e. The Labute approximate surface area is 118 Å². The first kappa shape index (κ1) is 15.5. The molecule has 0 aromatic carbocycles. The van der Waals surface area contributed by atoms with Gasteiger partial charge in [-0.15, -0.1) is 0 Å². The average molecular weight is 277 g/mol. The lowest BCUT2D eigenvalue weighted by molar-refractivity contribution is -0.120. The molecule has 0 spiro atoms. The summed E-state index contributed by atoms with van der Waals surface area (Å²) in [5, 5.41) is 12.3. The van der Waals surface area contributed by atoms with E-state index in [2.05, 4.69) is 23.3 Å². The monoisotopic (exact) mass is 277 g/mol. The highest BCUT2D eigenvalue weighted by atomic mass is 32.2. The summed E-state index contributed by atoms with van der Waals surface area (Å²) < 4.78 is 0. The Bertz CT molecular complexity index is 470. The number of thioether (sulfide) groups is 1. The van der Waals surface area contributed by atoms with Gasteiger partial charge in [-0.1, -0.05) is 25.1 Å². The van der Waals surface area contributed by atoms with Gasteiger partial charge in [-0.05, 0) is 32.4 Å². The third-order valence-corrected chi connectivity index (χ3v) is 3.67. The third-order valence-electron chi connectivity index (χ3n) is 2.64. The second kappa shape index (κ2) is 7.80. The Morgan fingerprint density at radius 3 is 2.95 bits per heavy atom. The van der Waals surface area contributed by atoms with Crippen LogP contribution in [0, 0.1) is 11.3 Å². The van der Waals surface area contributed by atoms with Gasteiger partial charge >= 0.3 is 0 Å². The first-order valence-electron chi connectivity index (χ1n) is 6.40. The molecular formula is C14H19N3OS. The summed E-state index contributed by atoms with van der Waals surface area (Å²) in [6, 6.07) is 5.61. The van der Waals surface area contributed by atoms with Crippen molar-refractivity contribution in [3.05, 3.63) is 23.9 Å². The maximum atomic E-state index is 12.0. The standard InChI is InChI=1S/C14H19N3OS/c1-4-5-10(2)17-14(18)11(3)19-13-8-12(9-15)6-7-16-13/h6-8,10-11H,4-5H2,1-3H3,(H,17,18). The fraction of sp³-hybridized carbons (Fsp3) is 0.500. The van der Waals surface area contributed by atoms with E-state index in [1.165, 1.54) is 11.8 Å². The zero-order valence-electron chi connectivity index (χ0n) is 11.5. The summed E-state index contributed by atoms with van der Waals surface area (Å²) in [4.78, 5) is 16.1. The van der Waals surface area contributed by atoms with Gasteiger partial charge < -0.3 is 5.32 Å². The lowest BCUT2D eigenvalue weighted by Gasteiger charge is -2.16. The van der Waals surface area contributed by atoms with Gasteiger partial charge in [0.25, 0.3) is 0 Å². The molecule has 1 aromatic heterocycles. The van der Waals surface area contributed by atoms with E-state index in [1.807, 2.05) is 13.8 Å². The van der Waals surface area contributed by atoms with Crippen LogP contribution in [0.25, 0.3) is 0 Å². The molecule has 4 nitrogen and oxygen atoms in total. The fourth-order valence-electron chi connectivity index (χ4n) is 1.64. The van der Waals surface area contributed by atoms with Crippen molar-refractivity contribution in [2.45, 2.75) is 49.9 Å². The molecule has 0 saturated carbocycles. The Kier molecular flexibility index (Phi) is 6.37. The molecule has 2 unspecified atom stereocenters. The van der Waals surface area contributed by atoms with E-state index in [1.54, 1.807) is 18.3 Å². The molecular weight excluding hydrogens is 258 g/mol. The van der Waals surface area contributed by atoms with E-state index < -0.39 is 0 Å². The molecule has 1 amide bonds. The Hall–Kier alpha value is -1.54. The van der Waals surface area contributed by atoms with Gasteiger partial charge in [0.05, 0.1) is 21.9 Å². The van der Waals surface area contributed by atoms with Crippen LogP contribution in [-0.4, -0.2) is 22.2 Å². The number of hydrogen-bond donors (Lipinski definition) is 1. The van der Waals surface area contributed by atoms with Crippen molar-refractivity contribution in [2.75, 3.05) is 0 Å². The van der Waals surface area contributed by atoms with Gasteiger partial charge in [-0.3, -0.25) is 4.79 Å². The van der Waals surface area contributed by atoms with Crippen molar-refractivity contribution in [3.63, 3.8) is 0 Å². The number of amides is 1. The number of nitriles is 1. The first-order chi connectivity index (χ1) is 9.06. The van der Waals surface area contributed by atoms with Crippen LogP contribution in [0.4, 0.5) is 0 Å². The number of carbonyl (C=O) groups is 1. The van der Waals surface area contributed by atoms with E-state index in [-0.39, 0.29) is 17.2 Å². The predicted molar refractivity (Wildman–Crippen MR) is 76.8 cm³/mol. The second-order valence-electron chi connectivity index (χ2n) is 4.45. The first-order valence-corrected chi connectivity index (χ1v) is 7.28. The van der Waals surface area contributed by atoms with E-state index >= 15 is 0 Å². The smallest absolute Gasteiger partial charge is 0.233 e. The van der Waals surface area contributed by atoms with Crippen molar-refractivity contribution in [1.82, 2.24) is 10.3 Å².